The van der Waals surface area contributed by atoms with Crippen molar-refractivity contribution in [2.75, 3.05) is 6.54 Å². The van der Waals surface area contributed by atoms with E-state index in [1.165, 1.54) is 10.8 Å². The standard InChI is InChI=1S/C18H20N4O2/c1-12-7-13(2)9-15(8-12)17-20-11-22(21-17)6-5-16(23)10-19-18(24)14-3-4-14/h5-9,11,14H,3-4,10H2,1-2H3,(H,19,24)/b6-5-. The molecule has 3 rings (SSSR count). The third-order valence-corrected chi connectivity index (χ3v) is 3.79. The van der Waals surface area contributed by atoms with Crippen LogP contribution in [0, 0.1) is 19.8 Å². The Morgan fingerprint density at radius 1 is 1.25 bits per heavy atom. The maximum Gasteiger partial charge on any atom is 0.223 e. The average Bonchev–Trinajstić information content (AvgIpc) is 3.28. The van der Waals surface area contributed by atoms with Crippen LogP contribution in [-0.2, 0) is 9.59 Å². The summed E-state index contributed by atoms with van der Waals surface area (Å²) in [4.78, 5) is 27.5. The Kier molecular flexibility index (Phi) is 4.55. The highest BCUT2D eigenvalue weighted by Crippen LogP contribution is 2.28. The Morgan fingerprint density at radius 3 is 2.62 bits per heavy atom. The number of aryl methyl sites for hydroxylation is 2. The summed E-state index contributed by atoms with van der Waals surface area (Å²) >= 11 is 0. The molecule has 0 spiro atoms. The fourth-order valence-electron chi connectivity index (χ4n) is 2.47. The Balaban J connectivity index is 1.60. The summed E-state index contributed by atoms with van der Waals surface area (Å²) in [5.74, 6) is 0.514. The SMILES string of the molecule is Cc1cc(C)cc(-c2ncn(/C=C\C(=O)CNC(=O)C3CC3)n2)c1. The molecule has 0 aliphatic heterocycles. The number of rotatable bonds is 6. The molecule has 1 aromatic carbocycles. The van der Waals surface area contributed by atoms with Crippen LogP contribution in [0.25, 0.3) is 17.6 Å². The van der Waals surface area contributed by atoms with Crippen molar-refractivity contribution in [3.8, 4) is 11.4 Å². The van der Waals surface area contributed by atoms with Crippen molar-refractivity contribution < 1.29 is 9.59 Å². The van der Waals surface area contributed by atoms with Crippen molar-refractivity contribution >= 4 is 17.9 Å². The second kappa shape index (κ2) is 6.78. The molecule has 24 heavy (non-hydrogen) atoms. The van der Waals surface area contributed by atoms with E-state index in [0.717, 1.165) is 29.5 Å². The first-order valence-electron chi connectivity index (χ1n) is 8.00. The fraction of sp³-hybridized carbons (Fsp3) is 0.333. The molecular weight excluding hydrogens is 304 g/mol. The molecule has 2 aromatic rings. The quantitative estimate of drug-likeness (QED) is 0.826. The number of carbonyl (C=O) groups is 2. The normalized spacial score (nSPS) is 14.1. The number of nitrogens with one attached hydrogen (secondary N) is 1. The topological polar surface area (TPSA) is 76.9 Å². The van der Waals surface area contributed by atoms with Gasteiger partial charge in [0, 0.05) is 23.8 Å². The van der Waals surface area contributed by atoms with Crippen LogP contribution in [0.2, 0.25) is 0 Å². The molecule has 0 unspecified atom stereocenters. The van der Waals surface area contributed by atoms with E-state index in [-0.39, 0.29) is 24.2 Å². The molecule has 6 nitrogen and oxygen atoms in total. The Labute approximate surface area is 140 Å². The predicted molar refractivity (Wildman–Crippen MR) is 91.0 cm³/mol. The minimum absolute atomic E-state index is 0.0183. The van der Waals surface area contributed by atoms with Crippen LogP contribution in [0.5, 0.6) is 0 Å². The van der Waals surface area contributed by atoms with Crippen LogP contribution in [0.15, 0.2) is 30.6 Å². The van der Waals surface area contributed by atoms with E-state index in [0.29, 0.717) is 5.82 Å². The molecule has 0 atom stereocenters. The lowest BCUT2D eigenvalue weighted by Crippen LogP contribution is -2.29. The van der Waals surface area contributed by atoms with Crippen LogP contribution >= 0.6 is 0 Å². The molecule has 0 saturated heterocycles. The number of carbonyl (C=O) groups excluding carboxylic acids is 2. The molecule has 1 fully saturated rings. The summed E-state index contributed by atoms with van der Waals surface area (Å²) in [6.07, 6.45) is 6.35. The number of nitrogens with zero attached hydrogens (tertiary/aromatic N) is 3. The maximum absolute atomic E-state index is 11.8. The van der Waals surface area contributed by atoms with Crippen LogP contribution < -0.4 is 5.32 Å². The molecule has 1 aromatic heterocycles. The first-order chi connectivity index (χ1) is 11.5. The Hall–Kier alpha value is -2.76. The molecule has 124 valence electrons. The highest BCUT2D eigenvalue weighted by Gasteiger charge is 2.29. The third kappa shape index (κ3) is 4.16. The van der Waals surface area contributed by atoms with Crippen molar-refractivity contribution in [3.63, 3.8) is 0 Å². The van der Waals surface area contributed by atoms with Crippen LogP contribution in [0.4, 0.5) is 0 Å². The first kappa shape index (κ1) is 16.1. The molecule has 0 radical (unpaired) electrons. The number of aromatic nitrogens is 3. The highest BCUT2D eigenvalue weighted by atomic mass is 16.2. The zero-order valence-electron chi connectivity index (χ0n) is 13.8. The van der Waals surface area contributed by atoms with Gasteiger partial charge in [-0.1, -0.05) is 17.2 Å². The Bertz CT molecular complexity index is 783. The maximum atomic E-state index is 11.8. The van der Waals surface area contributed by atoms with E-state index in [9.17, 15) is 9.59 Å². The molecule has 1 aliphatic rings. The number of hydrogen-bond acceptors (Lipinski definition) is 4. The lowest BCUT2D eigenvalue weighted by molar-refractivity contribution is -0.124. The summed E-state index contributed by atoms with van der Waals surface area (Å²) < 4.78 is 1.49. The number of ketones is 1. The van der Waals surface area contributed by atoms with Gasteiger partial charge in [-0.3, -0.25) is 9.59 Å². The third-order valence-electron chi connectivity index (χ3n) is 3.79. The van der Waals surface area contributed by atoms with Crippen LogP contribution in [0.3, 0.4) is 0 Å². The van der Waals surface area contributed by atoms with Crippen molar-refractivity contribution in [2.24, 2.45) is 5.92 Å². The summed E-state index contributed by atoms with van der Waals surface area (Å²) in [5.41, 5.74) is 3.25. The second-order valence-corrected chi connectivity index (χ2v) is 6.20. The van der Waals surface area contributed by atoms with Gasteiger partial charge in [0.05, 0.1) is 6.54 Å². The van der Waals surface area contributed by atoms with Gasteiger partial charge in [0.1, 0.15) is 6.33 Å². The van der Waals surface area contributed by atoms with Gasteiger partial charge in [-0.2, -0.15) is 0 Å². The summed E-state index contributed by atoms with van der Waals surface area (Å²) in [6.45, 7) is 4.08. The van der Waals surface area contributed by atoms with E-state index < -0.39 is 0 Å². The summed E-state index contributed by atoms with van der Waals surface area (Å²) in [7, 11) is 0. The minimum atomic E-state index is -0.174. The van der Waals surface area contributed by atoms with Crippen molar-refractivity contribution in [1.29, 1.82) is 0 Å². The predicted octanol–water partition coefficient (Wildman–Crippen LogP) is 2.13. The van der Waals surface area contributed by atoms with Gasteiger partial charge in [0.2, 0.25) is 5.91 Å². The molecule has 6 heteroatoms. The minimum Gasteiger partial charge on any atom is -0.348 e. The fourth-order valence-corrected chi connectivity index (χ4v) is 2.47. The van der Waals surface area contributed by atoms with E-state index in [1.54, 1.807) is 12.5 Å². The van der Waals surface area contributed by atoms with Gasteiger partial charge >= 0.3 is 0 Å². The smallest absolute Gasteiger partial charge is 0.223 e. The zero-order chi connectivity index (χ0) is 17.1. The van der Waals surface area contributed by atoms with E-state index in [4.69, 9.17) is 0 Å². The van der Waals surface area contributed by atoms with Gasteiger partial charge < -0.3 is 5.32 Å². The monoisotopic (exact) mass is 324 g/mol. The number of benzene rings is 1. The van der Waals surface area contributed by atoms with Crippen molar-refractivity contribution in [1.82, 2.24) is 20.1 Å². The molecule has 0 bridgehead atoms. The van der Waals surface area contributed by atoms with E-state index in [1.807, 2.05) is 26.0 Å². The molecule has 1 N–H and O–H groups in total. The second-order valence-electron chi connectivity index (χ2n) is 6.20. The van der Waals surface area contributed by atoms with E-state index in [2.05, 4.69) is 21.5 Å². The largest absolute Gasteiger partial charge is 0.348 e. The van der Waals surface area contributed by atoms with E-state index >= 15 is 0 Å². The van der Waals surface area contributed by atoms with Gasteiger partial charge in [0.25, 0.3) is 0 Å². The molecule has 1 amide bonds. The molecule has 1 heterocycles. The van der Waals surface area contributed by atoms with Crippen molar-refractivity contribution in [3.05, 3.63) is 41.7 Å². The summed E-state index contributed by atoms with van der Waals surface area (Å²) in [6, 6.07) is 6.14. The van der Waals surface area contributed by atoms with Gasteiger partial charge in [-0.15, -0.1) is 5.10 Å². The Morgan fingerprint density at radius 2 is 1.96 bits per heavy atom. The van der Waals surface area contributed by atoms with Crippen LogP contribution in [-0.4, -0.2) is 33.0 Å². The molecule has 1 aliphatic carbocycles. The average molecular weight is 324 g/mol. The van der Waals surface area contributed by atoms with Gasteiger partial charge in [0.15, 0.2) is 11.6 Å². The first-order valence-corrected chi connectivity index (χ1v) is 8.00. The lowest BCUT2D eigenvalue weighted by Gasteiger charge is -2.00. The zero-order valence-corrected chi connectivity index (χ0v) is 13.8. The van der Waals surface area contributed by atoms with Gasteiger partial charge in [-0.25, -0.2) is 9.67 Å². The number of hydrogen-bond donors (Lipinski definition) is 1. The lowest BCUT2D eigenvalue weighted by atomic mass is 10.1. The molecule has 1 saturated carbocycles. The highest BCUT2D eigenvalue weighted by molar-refractivity contribution is 5.96. The number of amides is 1. The van der Waals surface area contributed by atoms with Crippen molar-refractivity contribution in [2.45, 2.75) is 26.7 Å². The molecular formula is C18H20N4O2. The summed E-state index contributed by atoms with van der Waals surface area (Å²) in [5, 5.41) is 6.99. The van der Waals surface area contributed by atoms with Gasteiger partial charge in [-0.05, 0) is 38.8 Å². The van der Waals surface area contributed by atoms with Crippen LogP contribution in [0.1, 0.15) is 24.0 Å².